The third kappa shape index (κ3) is 4.64. The van der Waals surface area contributed by atoms with Crippen LogP contribution in [0.25, 0.3) is 0 Å². The van der Waals surface area contributed by atoms with Gasteiger partial charge in [-0.1, -0.05) is 26.2 Å². The summed E-state index contributed by atoms with van der Waals surface area (Å²) in [6.45, 7) is 2.11. The number of hydrogen-bond acceptors (Lipinski definition) is 3. The lowest BCUT2D eigenvalue weighted by Gasteiger charge is -2.30. The molecule has 1 aromatic rings. The first-order chi connectivity index (χ1) is 13.0. The number of allylic oxidation sites excluding steroid dienone is 1. The minimum Gasteiger partial charge on any atom is -0.462 e. The number of benzene rings is 1. The lowest BCUT2D eigenvalue weighted by molar-refractivity contribution is -0.141. The van der Waals surface area contributed by atoms with E-state index < -0.39 is 29.7 Å². The minimum atomic E-state index is -0.960. The van der Waals surface area contributed by atoms with Crippen molar-refractivity contribution in [3.63, 3.8) is 0 Å². The summed E-state index contributed by atoms with van der Waals surface area (Å²) in [5.41, 5.74) is 0.762. The van der Waals surface area contributed by atoms with Gasteiger partial charge >= 0.3 is 12.0 Å². The van der Waals surface area contributed by atoms with Crippen molar-refractivity contribution in [2.45, 2.75) is 51.5 Å². The summed E-state index contributed by atoms with van der Waals surface area (Å²) in [5, 5.41) is 5.18. The van der Waals surface area contributed by atoms with E-state index in [4.69, 9.17) is 4.74 Å². The van der Waals surface area contributed by atoms with Crippen molar-refractivity contribution >= 4 is 12.0 Å². The molecule has 1 aliphatic heterocycles. The summed E-state index contributed by atoms with van der Waals surface area (Å²) in [6, 6.07) is 1.49. The highest BCUT2D eigenvalue weighted by molar-refractivity contribution is 5.95. The van der Waals surface area contributed by atoms with E-state index in [1.54, 1.807) is 6.92 Å². The molecule has 1 heterocycles. The normalized spacial score (nSPS) is 20.9. The Labute approximate surface area is 157 Å². The van der Waals surface area contributed by atoms with Gasteiger partial charge in [-0.2, -0.15) is 0 Å². The van der Waals surface area contributed by atoms with E-state index >= 15 is 0 Å². The van der Waals surface area contributed by atoms with E-state index in [1.165, 1.54) is 6.42 Å². The van der Waals surface area contributed by atoms with E-state index in [2.05, 4.69) is 10.6 Å². The second-order valence-corrected chi connectivity index (χ2v) is 7.08. The number of rotatable bonds is 5. The number of urea groups is 1. The van der Waals surface area contributed by atoms with Crippen LogP contribution in [-0.4, -0.2) is 18.6 Å². The number of carbonyl (C=O) groups excluding carboxylic acids is 2. The zero-order valence-electron chi connectivity index (χ0n) is 15.3. The highest BCUT2D eigenvalue weighted by atomic mass is 19.1. The molecule has 1 aromatic carbocycles. The Morgan fingerprint density at radius 3 is 2.44 bits per heavy atom. The van der Waals surface area contributed by atoms with Crippen LogP contribution in [0.15, 0.2) is 29.5 Å². The van der Waals surface area contributed by atoms with E-state index in [9.17, 15) is 18.4 Å². The van der Waals surface area contributed by atoms with E-state index in [0.29, 0.717) is 24.6 Å². The zero-order valence-corrected chi connectivity index (χ0v) is 15.3. The van der Waals surface area contributed by atoms with Gasteiger partial charge in [0.1, 0.15) is 11.6 Å². The van der Waals surface area contributed by atoms with Crippen molar-refractivity contribution in [3.8, 4) is 0 Å². The van der Waals surface area contributed by atoms with Crippen LogP contribution >= 0.6 is 0 Å². The van der Waals surface area contributed by atoms with Gasteiger partial charge in [0.25, 0.3) is 0 Å². The quantitative estimate of drug-likeness (QED) is 0.758. The molecule has 7 heteroatoms. The third-order valence-electron chi connectivity index (χ3n) is 5.12. The summed E-state index contributed by atoms with van der Waals surface area (Å²) in [7, 11) is 0. The fraction of sp³-hybridized carbons (Fsp3) is 0.500. The van der Waals surface area contributed by atoms with Crippen molar-refractivity contribution in [1.82, 2.24) is 10.6 Å². The maximum Gasteiger partial charge on any atom is 0.338 e. The maximum atomic E-state index is 13.7. The van der Waals surface area contributed by atoms with Crippen molar-refractivity contribution in [2.24, 2.45) is 5.92 Å². The van der Waals surface area contributed by atoms with Gasteiger partial charge < -0.3 is 15.4 Å². The van der Waals surface area contributed by atoms with Gasteiger partial charge in [0.05, 0.1) is 18.2 Å². The number of ether oxygens (including phenoxy) is 1. The smallest absolute Gasteiger partial charge is 0.338 e. The number of carbonyl (C=O) groups is 2. The van der Waals surface area contributed by atoms with Gasteiger partial charge in [-0.3, -0.25) is 0 Å². The van der Waals surface area contributed by atoms with Crippen LogP contribution < -0.4 is 10.6 Å². The lowest BCUT2D eigenvalue weighted by Crippen LogP contribution is -2.46. The zero-order chi connectivity index (χ0) is 19.4. The van der Waals surface area contributed by atoms with Crippen LogP contribution in [0.2, 0.25) is 0 Å². The van der Waals surface area contributed by atoms with Gasteiger partial charge in [-0.15, -0.1) is 0 Å². The molecule has 5 nitrogen and oxygen atoms in total. The van der Waals surface area contributed by atoms with Crippen molar-refractivity contribution in [3.05, 3.63) is 46.7 Å². The average Bonchev–Trinajstić information content (AvgIpc) is 2.65. The van der Waals surface area contributed by atoms with Gasteiger partial charge in [0.15, 0.2) is 0 Å². The summed E-state index contributed by atoms with van der Waals surface area (Å²) < 4.78 is 32.9. The molecule has 0 spiro atoms. The first-order valence-corrected chi connectivity index (χ1v) is 9.41. The molecule has 1 fully saturated rings. The highest BCUT2D eigenvalue weighted by Crippen LogP contribution is 2.31. The molecular formula is C20H24F2N2O3. The molecule has 0 bridgehead atoms. The maximum absolute atomic E-state index is 13.7. The third-order valence-corrected chi connectivity index (χ3v) is 5.12. The fourth-order valence-corrected chi connectivity index (χ4v) is 3.75. The molecular weight excluding hydrogens is 354 g/mol. The molecule has 2 aliphatic rings. The largest absolute Gasteiger partial charge is 0.462 e. The van der Waals surface area contributed by atoms with Crippen LogP contribution in [0.4, 0.5) is 13.6 Å². The standard InChI is InChI=1S/C20H24F2N2O3/c1-2-16-17(19(25)27-11-12-6-4-3-5-7-12)18(24-20(26)23-16)13-8-14(21)10-15(22)9-13/h8-10,12,18H,2-7,11H2,1H3,(H2,23,24,26). The van der Waals surface area contributed by atoms with Crippen LogP contribution in [0.5, 0.6) is 0 Å². The molecule has 146 valence electrons. The molecule has 2 amide bonds. The topological polar surface area (TPSA) is 67.4 Å². The SMILES string of the molecule is CCC1=C(C(=O)OCC2CCCCC2)C(c2cc(F)cc(F)c2)NC(=O)N1. The van der Waals surface area contributed by atoms with Crippen LogP contribution in [0.1, 0.15) is 57.1 Å². The van der Waals surface area contributed by atoms with E-state index in [0.717, 1.165) is 43.9 Å². The fourth-order valence-electron chi connectivity index (χ4n) is 3.75. The van der Waals surface area contributed by atoms with Crippen LogP contribution in [0, 0.1) is 17.6 Å². The summed E-state index contributed by atoms with van der Waals surface area (Å²) in [4.78, 5) is 24.8. The van der Waals surface area contributed by atoms with Gasteiger partial charge in [0.2, 0.25) is 0 Å². The highest BCUT2D eigenvalue weighted by Gasteiger charge is 2.34. The molecule has 0 saturated heterocycles. The lowest BCUT2D eigenvalue weighted by atomic mass is 9.90. The number of halogens is 2. The van der Waals surface area contributed by atoms with Gasteiger partial charge in [-0.25, -0.2) is 18.4 Å². The summed E-state index contributed by atoms with van der Waals surface area (Å²) >= 11 is 0. The van der Waals surface area contributed by atoms with E-state index in [1.807, 2.05) is 0 Å². The first kappa shape index (κ1) is 19.3. The van der Waals surface area contributed by atoms with Crippen LogP contribution in [-0.2, 0) is 9.53 Å². The molecule has 3 rings (SSSR count). The first-order valence-electron chi connectivity index (χ1n) is 9.41. The molecule has 1 aliphatic carbocycles. The Morgan fingerprint density at radius 1 is 1.15 bits per heavy atom. The molecule has 0 aromatic heterocycles. The number of amides is 2. The van der Waals surface area contributed by atoms with E-state index in [-0.39, 0.29) is 11.1 Å². The average molecular weight is 378 g/mol. The van der Waals surface area contributed by atoms with Crippen molar-refractivity contribution in [2.75, 3.05) is 6.61 Å². The molecule has 27 heavy (non-hydrogen) atoms. The second-order valence-electron chi connectivity index (χ2n) is 7.08. The predicted octanol–water partition coefficient (Wildman–Crippen LogP) is 4.11. The minimum absolute atomic E-state index is 0.165. The van der Waals surface area contributed by atoms with Gasteiger partial charge in [-0.05, 0) is 42.9 Å². The van der Waals surface area contributed by atoms with Crippen LogP contribution in [0.3, 0.4) is 0 Å². The number of nitrogens with one attached hydrogen (secondary N) is 2. The Kier molecular flexibility index (Phi) is 6.08. The molecule has 1 unspecified atom stereocenters. The molecule has 1 saturated carbocycles. The van der Waals surface area contributed by atoms with Crippen molar-refractivity contribution < 1.29 is 23.1 Å². The van der Waals surface area contributed by atoms with Gasteiger partial charge in [0, 0.05) is 11.8 Å². The Bertz CT molecular complexity index is 737. The Balaban J connectivity index is 1.86. The Hall–Kier alpha value is -2.44. The monoisotopic (exact) mass is 378 g/mol. The second kappa shape index (κ2) is 8.50. The Morgan fingerprint density at radius 2 is 1.81 bits per heavy atom. The predicted molar refractivity (Wildman–Crippen MR) is 95.6 cm³/mol. The number of esters is 1. The van der Waals surface area contributed by atoms with Crippen molar-refractivity contribution in [1.29, 1.82) is 0 Å². The number of hydrogen-bond donors (Lipinski definition) is 2. The summed E-state index contributed by atoms with van der Waals surface area (Å²) in [6.07, 6.45) is 5.91. The molecule has 2 N–H and O–H groups in total. The molecule has 0 radical (unpaired) electrons. The molecule has 1 atom stereocenters. The summed E-state index contributed by atoms with van der Waals surface area (Å²) in [5.74, 6) is -1.78.